The summed E-state index contributed by atoms with van der Waals surface area (Å²) in [4.78, 5) is 75.9. The van der Waals surface area contributed by atoms with Gasteiger partial charge in [-0.15, -0.1) is 0 Å². The molecule has 0 radical (unpaired) electrons. The molecule has 0 aromatic heterocycles. The van der Waals surface area contributed by atoms with Crippen molar-refractivity contribution in [2.45, 2.75) is 28.2 Å². The number of Topliss-reactive ketones (excluding diaryl/α,β-unsaturated/α-hetero) is 5. The van der Waals surface area contributed by atoms with E-state index in [1.165, 1.54) is 0 Å². The number of phenols is 15. The Kier molecular flexibility index (Phi) is 11.0. The molecule has 0 bridgehead atoms. The summed E-state index contributed by atoms with van der Waals surface area (Å²) in [7, 11) is 0. The molecular formula is C41H32O26. The molecule has 67 heavy (non-hydrogen) atoms. The number of aliphatic hydroxyl groups excluding tert-OH is 1. The second kappa shape index (κ2) is 15.4. The molecule has 5 aromatic carbocycles. The summed E-state index contributed by atoms with van der Waals surface area (Å²) in [5.74, 6) is -41.2. The summed E-state index contributed by atoms with van der Waals surface area (Å²) in [6.07, 6.45) is 0. The van der Waals surface area contributed by atoms with Crippen LogP contribution >= 0.6 is 0 Å². The van der Waals surface area contributed by atoms with Crippen LogP contribution in [0.5, 0.6) is 86.2 Å². The van der Waals surface area contributed by atoms with Crippen molar-refractivity contribution in [2.24, 2.45) is 0 Å². The molecule has 0 unspecified atom stereocenters. The SMILES string of the molecule is O=C(c1cc(O)c(O)c(O)c1)[C@@]1(O)[C@](O)(C(=O)c2cc(O)c(O)c(O)c2)[C@@](O)(C(=O)c2cc(O)c(O)c(O)c2)O[C@@](CO)(C(=O)c2cc(O)c(O)c(O)c2)[C@]1(O)C(=O)c1cc(O)c(O)c(O)c1. The number of aromatic hydroxyl groups is 15. The fourth-order valence-corrected chi connectivity index (χ4v) is 7.57. The maximum absolute atomic E-state index is 15.4. The van der Waals surface area contributed by atoms with Gasteiger partial charge in [-0.2, -0.15) is 0 Å². The highest BCUT2D eigenvalue weighted by atomic mass is 16.7. The molecule has 0 saturated carbocycles. The minimum absolute atomic E-state index is 0.0203. The molecule has 5 aromatic rings. The van der Waals surface area contributed by atoms with E-state index >= 15 is 19.2 Å². The van der Waals surface area contributed by atoms with Gasteiger partial charge in [0.2, 0.25) is 45.7 Å². The standard InChI is InChI=1S/C41H32O26/c42-11-37(32(58)12-1-17(43)27(53)18(44)2-12)38(63,33(59)13-3-19(45)28(54)20(46)4-13)39(64,34(60)14-5-21(47)29(55)22(48)6-14)40(65,35(61)15-7-23(49)30(56)24(50)8-15)41(66,67-37)36(62)16-9-25(51)31(57)26(52)10-16/h1-10,42-57,63-66H,11H2/t37-,38+,39-,40+,41+/m0/s1. The minimum atomic E-state index is -5.60. The number of hydrogen-bond acceptors (Lipinski definition) is 26. The first-order valence-corrected chi connectivity index (χ1v) is 18.1. The highest BCUT2D eigenvalue weighted by Crippen LogP contribution is 2.60. The Hall–Kier alpha value is -8.79. The van der Waals surface area contributed by atoms with Gasteiger partial charge < -0.3 is 107 Å². The van der Waals surface area contributed by atoms with Gasteiger partial charge in [-0.25, -0.2) is 0 Å². The van der Waals surface area contributed by atoms with Gasteiger partial charge in [-0.3, -0.25) is 24.0 Å². The molecule has 0 spiro atoms. The number of benzene rings is 5. The minimum Gasteiger partial charge on any atom is -0.504 e. The maximum Gasteiger partial charge on any atom is 0.273 e. The van der Waals surface area contributed by atoms with E-state index in [4.69, 9.17) is 4.74 Å². The van der Waals surface area contributed by atoms with Gasteiger partial charge in [0.05, 0.1) is 6.61 Å². The molecule has 26 heteroatoms. The summed E-state index contributed by atoms with van der Waals surface area (Å²) in [5.41, 5.74) is -29.1. The third-order valence-electron chi connectivity index (χ3n) is 11.0. The number of phenolic OH excluding ortho intramolecular Hbond substituents is 15. The van der Waals surface area contributed by atoms with E-state index in [0.717, 1.165) is 0 Å². The lowest BCUT2D eigenvalue weighted by Crippen LogP contribution is -2.95. The van der Waals surface area contributed by atoms with Crippen molar-refractivity contribution in [3.8, 4) is 86.2 Å². The van der Waals surface area contributed by atoms with Crippen LogP contribution in [0.3, 0.4) is 0 Å². The highest BCUT2D eigenvalue weighted by Gasteiger charge is 2.91. The van der Waals surface area contributed by atoms with Crippen molar-refractivity contribution in [3.05, 3.63) is 88.5 Å². The Bertz CT molecular complexity index is 2900. The topological polar surface area (TPSA) is 499 Å². The van der Waals surface area contributed by atoms with Crippen LogP contribution in [-0.4, -0.2) is 166 Å². The fraction of sp³-hybridized carbons (Fsp3) is 0.146. The van der Waals surface area contributed by atoms with E-state index in [9.17, 15) is 107 Å². The Morgan fingerprint density at radius 3 is 0.791 bits per heavy atom. The third-order valence-corrected chi connectivity index (χ3v) is 11.0. The monoisotopic (exact) mass is 940 g/mol. The maximum atomic E-state index is 15.4. The van der Waals surface area contributed by atoms with Crippen LogP contribution in [0.4, 0.5) is 0 Å². The fourth-order valence-electron chi connectivity index (χ4n) is 7.57. The zero-order valence-electron chi connectivity index (χ0n) is 32.9. The van der Waals surface area contributed by atoms with Crippen molar-refractivity contribution < 1.29 is 131 Å². The molecule has 1 saturated heterocycles. The smallest absolute Gasteiger partial charge is 0.273 e. The number of carbonyl (C=O) groups excluding carboxylic acids is 5. The van der Waals surface area contributed by atoms with Gasteiger partial charge in [0.1, 0.15) is 0 Å². The van der Waals surface area contributed by atoms with Crippen LogP contribution in [0, 0.1) is 0 Å². The Labute approximate surface area is 368 Å². The Morgan fingerprint density at radius 2 is 0.537 bits per heavy atom. The zero-order valence-corrected chi connectivity index (χ0v) is 32.9. The normalized spacial score (nSPS) is 23.6. The van der Waals surface area contributed by atoms with Crippen LogP contribution in [0.15, 0.2) is 60.7 Å². The molecule has 6 rings (SSSR count). The van der Waals surface area contributed by atoms with Crippen LogP contribution < -0.4 is 0 Å². The van der Waals surface area contributed by atoms with E-state index in [0.29, 0.717) is 0 Å². The largest absolute Gasteiger partial charge is 0.504 e. The summed E-state index contributed by atoms with van der Waals surface area (Å²) >= 11 is 0. The molecule has 1 heterocycles. The van der Waals surface area contributed by atoms with Gasteiger partial charge in [-0.05, 0) is 60.7 Å². The van der Waals surface area contributed by atoms with E-state index in [1.807, 2.05) is 0 Å². The molecule has 0 amide bonds. The average Bonchev–Trinajstić information content (AvgIpc) is 3.28. The number of rotatable bonds is 11. The lowest BCUT2D eigenvalue weighted by atomic mass is 9.51. The van der Waals surface area contributed by atoms with E-state index in [1.54, 1.807) is 0 Å². The average molecular weight is 941 g/mol. The highest BCUT2D eigenvalue weighted by molar-refractivity contribution is 6.25. The van der Waals surface area contributed by atoms with Gasteiger partial charge in [-0.1, -0.05) is 0 Å². The molecule has 1 fully saturated rings. The lowest BCUT2D eigenvalue weighted by molar-refractivity contribution is -0.395. The predicted molar refractivity (Wildman–Crippen MR) is 210 cm³/mol. The molecule has 0 aliphatic carbocycles. The van der Waals surface area contributed by atoms with Crippen molar-refractivity contribution in [3.63, 3.8) is 0 Å². The number of aliphatic hydroxyl groups is 5. The van der Waals surface area contributed by atoms with Crippen LogP contribution in [0.25, 0.3) is 0 Å². The number of ketones is 5. The Balaban J connectivity index is 1.94. The lowest BCUT2D eigenvalue weighted by Gasteiger charge is -2.63. The summed E-state index contributed by atoms with van der Waals surface area (Å²) < 4.78 is 5.41. The van der Waals surface area contributed by atoms with Crippen molar-refractivity contribution in [1.29, 1.82) is 0 Å². The summed E-state index contributed by atoms with van der Waals surface area (Å²) in [6, 6.07) is 0.683. The number of ether oxygens (including phenoxy) is 1. The number of carbonyl (C=O) groups is 5. The van der Waals surface area contributed by atoms with Gasteiger partial charge in [0, 0.05) is 27.8 Å². The van der Waals surface area contributed by atoms with Gasteiger partial charge in [0.15, 0.2) is 91.8 Å². The predicted octanol–water partition coefficient (Wildman–Crippen LogP) is -1.37. The molecule has 1 aliphatic rings. The quantitative estimate of drug-likeness (QED) is 0.0536. The van der Waals surface area contributed by atoms with Crippen molar-refractivity contribution >= 4 is 28.9 Å². The molecular weight excluding hydrogens is 908 g/mol. The third kappa shape index (κ3) is 6.31. The molecule has 20 N–H and O–H groups in total. The second-order valence-corrected chi connectivity index (χ2v) is 14.8. The molecule has 5 atom stereocenters. The second-order valence-electron chi connectivity index (χ2n) is 14.8. The number of hydrogen-bond donors (Lipinski definition) is 20. The van der Waals surface area contributed by atoms with Crippen molar-refractivity contribution in [1.82, 2.24) is 0 Å². The van der Waals surface area contributed by atoms with Crippen LogP contribution in [0.1, 0.15) is 51.8 Å². The van der Waals surface area contributed by atoms with Gasteiger partial charge in [0.25, 0.3) is 5.79 Å². The molecule has 1 aliphatic heterocycles. The van der Waals surface area contributed by atoms with E-state index in [2.05, 4.69) is 0 Å². The summed E-state index contributed by atoms with van der Waals surface area (Å²) in [6.45, 7) is -2.60. The first-order chi connectivity index (χ1) is 30.9. The first-order valence-electron chi connectivity index (χ1n) is 18.1. The van der Waals surface area contributed by atoms with E-state index in [-0.39, 0.29) is 60.7 Å². The Morgan fingerprint density at radius 1 is 0.328 bits per heavy atom. The zero-order chi connectivity index (χ0) is 50.4. The van der Waals surface area contributed by atoms with E-state index < -0.39 is 178 Å². The van der Waals surface area contributed by atoms with Crippen LogP contribution in [0.2, 0.25) is 0 Å². The summed E-state index contributed by atoms with van der Waals surface area (Å²) in [5, 5.41) is 219. The first kappa shape index (κ1) is 47.7. The van der Waals surface area contributed by atoms with Gasteiger partial charge >= 0.3 is 0 Å². The van der Waals surface area contributed by atoms with Crippen molar-refractivity contribution in [2.75, 3.05) is 6.61 Å². The molecule has 26 nitrogen and oxygen atoms in total. The molecule has 352 valence electrons. The van der Waals surface area contributed by atoms with Crippen LogP contribution in [-0.2, 0) is 4.74 Å².